The van der Waals surface area contributed by atoms with E-state index in [-0.39, 0.29) is 12.4 Å². The smallest absolute Gasteiger partial charge is 0.137 e. The molecule has 1 aromatic carbocycles. The molecule has 3 nitrogen and oxygen atoms in total. The molecule has 1 fully saturated rings. The first-order valence-corrected chi connectivity index (χ1v) is 6.63. The van der Waals surface area contributed by atoms with Crippen molar-refractivity contribution in [1.82, 2.24) is 4.90 Å². The summed E-state index contributed by atoms with van der Waals surface area (Å²) in [4.78, 5) is 2.35. The van der Waals surface area contributed by atoms with Gasteiger partial charge in [-0.3, -0.25) is 4.90 Å². The Hall–Kier alpha value is -1.57. The van der Waals surface area contributed by atoms with Crippen molar-refractivity contribution < 1.29 is 9.13 Å². The van der Waals surface area contributed by atoms with Crippen LogP contribution in [-0.4, -0.2) is 37.7 Å². The predicted molar refractivity (Wildman–Crippen MR) is 73.5 cm³/mol. The van der Waals surface area contributed by atoms with Gasteiger partial charge in [-0.15, -0.1) is 0 Å². The van der Waals surface area contributed by atoms with E-state index in [1.54, 1.807) is 6.07 Å². The van der Waals surface area contributed by atoms with Gasteiger partial charge in [0.1, 0.15) is 18.2 Å². The lowest BCUT2D eigenvalue weighted by Crippen LogP contribution is -2.25. The molecule has 0 spiro atoms. The average molecular weight is 262 g/mol. The molecule has 0 saturated carbocycles. The molecular formula is C15H19FN2O. The van der Waals surface area contributed by atoms with Gasteiger partial charge in [-0.05, 0) is 38.1 Å². The standard InChI is InChI=1S/C15H19FN2O/c16-14-6-5-13(4-3-7-17)15(12-14)19-11-10-18-8-1-2-9-18/h5-6,12H,1-2,7-11,17H2. The van der Waals surface area contributed by atoms with Gasteiger partial charge >= 0.3 is 0 Å². The maximum atomic E-state index is 13.2. The number of rotatable bonds is 4. The Morgan fingerprint density at radius 3 is 2.84 bits per heavy atom. The van der Waals surface area contributed by atoms with Crippen LogP contribution in [-0.2, 0) is 0 Å². The minimum Gasteiger partial charge on any atom is -0.491 e. The Bertz CT molecular complexity index is 473. The van der Waals surface area contributed by atoms with Gasteiger partial charge in [-0.1, -0.05) is 11.8 Å². The number of halogens is 1. The topological polar surface area (TPSA) is 38.5 Å². The Labute approximate surface area is 113 Å². The molecule has 2 N–H and O–H groups in total. The third-order valence-electron chi connectivity index (χ3n) is 3.13. The predicted octanol–water partition coefficient (Wildman–Crippen LogP) is 1.61. The van der Waals surface area contributed by atoms with E-state index >= 15 is 0 Å². The van der Waals surface area contributed by atoms with E-state index in [0.29, 0.717) is 17.9 Å². The number of nitrogens with two attached hydrogens (primary N) is 1. The average Bonchev–Trinajstić information content (AvgIpc) is 2.91. The van der Waals surface area contributed by atoms with Gasteiger partial charge < -0.3 is 10.5 Å². The van der Waals surface area contributed by atoms with Crippen LogP contribution in [0.1, 0.15) is 18.4 Å². The van der Waals surface area contributed by atoms with E-state index in [9.17, 15) is 4.39 Å². The Morgan fingerprint density at radius 1 is 1.32 bits per heavy atom. The maximum absolute atomic E-state index is 13.2. The Kier molecular flexibility index (Phi) is 5.20. The van der Waals surface area contributed by atoms with Crippen LogP contribution < -0.4 is 10.5 Å². The van der Waals surface area contributed by atoms with E-state index in [0.717, 1.165) is 19.6 Å². The minimum atomic E-state index is -0.311. The van der Waals surface area contributed by atoms with E-state index < -0.39 is 0 Å². The van der Waals surface area contributed by atoms with Crippen molar-refractivity contribution >= 4 is 0 Å². The van der Waals surface area contributed by atoms with Crippen LogP contribution in [0, 0.1) is 17.7 Å². The zero-order valence-electron chi connectivity index (χ0n) is 11.0. The number of likely N-dealkylation sites (tertiary alicyclic amines) is 1. The molecule has 102 valence electrons. The first kappa shape index (κ1) is 13.9. The van der Waals surface area contributed by atoms with E-state index in [1.165, 1.54) is 25.0 Å². The quantitative estimate of drug-likeness (QED) is 0.838. The molecule has 1 aliphatic rings. The van der Waals surface area contributed by atoms with E-state index in [2.05, 4.69) is 16.7 Å². The molecule has 0 radical (unpaired) electrons. The number of hydrogen-bond acceptors (Lipinski definition) is 3. The highest BCUT2D eigenvalue weighted by Gasteiger charge is 2.11. The molecule has 0 unspecified atom stereocenters. The molecule has 0 amide bonds. The van der Waals surface area contributed by atoms with Crippen LogP contribution >= 0.6 is 0 Å². The number of nitrogens with zero attached hydrogens (tertiary/aromatic N) is 1. The number of ether oxygens (including phenoxy) is 1. The van der Waals surface area contributed by atoms with Gasteiger partial charge in [-0.25, -0.2) is 4.39 Å². The first-order valence-electron chi connectivity index (χ1n) is 6.63. The van der Waals surface area contributed by atoms with Crippen molar-refractivity contribution in [2.45, 2.75) is 12.8 Å². The molecule has 0 aliphatic carbocycles. The molecule has 2 rings (SSSR count). The second-order valence-electron chi connectivity index (χ2n) is 4.54. The van der Waals surface area contributed by atoms with Gasteiger partial charge in [0.05, 0.1) is 12.1 Å². The third kappa shape index (κ3) is 4.23. The molecule has 19 heavy (non-hydrogen) atoms. The summed E-state index contributed by atoms with van der Waals surface area (Å²) in [7, 11) is 0. The second-order valence-corrected chi connectivity index (χ2v) is 4.54. The maximum Gasteiger partial charge on any atom is 0.137 e. The van der Waals surface area contributed by atoms with Gasteiger partial charge in [0.15, 0.2) is 0 Å². The van der Waals surface area contributed by atoms with Crippen molar-refractivity contribution in [1.29, 1.82) is 0 Å². The summed E-state index contributed by atoms with van der Waals surface area (Å²) in [6.45, 7) is 3.98. The molecule has 1 aliphatic heterocycles. The zero-order valence-corrected chi connectivity index (χ0v) is 11.0. The highest BCUT2D eigenvalue weighted by molar-refractivity contribution is 5.46. The normalized spacial score (nSPS) is 15.1. The van der Waals surface area contributed by atoms with Crippen LogP contribution in [0.2, 0.25) is 0 Å². The van der Waals surface area contributed by atoms with Gasteiger partial charge in [0.25, 0.3) is 0 Å². The molecule has 0 aromatic heterocycles. The van der Waals surface area contributed by atoms with Crippen LogP contribution in [0.25, 0.3) is 0 Å². The van der Waals surface area contributed by atoms with Crippen molar-refractivity contribution in [3.05, 3.63) is 29.6 Å². The van der Waals surface area contributed by atoms with Crippen molar-refractivity contribution in [2.24, 2.45) is 5.73 Å². The molecule has 1 saturated heterocycles. The highest BCUT2D eigenvalue weighted by Crippen LogP contribution is 2.19. The summed E-state index contributed by atoms with van der Waals surface area (Å²) >= 11 is 0. The molecule has 0 bridgehead atoms. The largest absolute Gasteiger partial charge is 0.491 e. The number of benzene rings is 1. The van der Waals surface area contributed by atoms with E-state index in [1.807, 2.05) is 0 Å². The zero-order chi connectivity index (χ0) is 13.5. The van der Waals surface area contributed by atoms with Gasteiger partial charge in [0.2, 0.25) is 0 Å². The van der Waals surface area contributed by atoms with Crippen molar-refractivity contribution in [3.8, 4) is 17.6 Å². The van der Waals surface area contributed by atoms with E-state index in [4.69, 9.17) is 10.5 Å². The van der Waals surface area contributed by atoms with Crippen molar-refractivity contribution in [3.63, 3.8) is 0 Å². The lowest BCUT2D eigenvalue weighted by atomic mass is 10.2. The van der Waals surface area contributed by atoms with Crippen LogP contribution in [0.5, 0.6) is 5.75 Å². The summed E-state index contributed by atoms with van der Waals surface area (Å²) in [5, 5.41) is 0. The molecule has 0 atom stereocenters. The fraction of sp³-hybridized carbons (Fsp3) is 0.467. The monoisotopic (exact) mass is 262 g/mol. The molecule has 1 heterocycles. The van der Waals surface area contributed by atoms with Gasteiger partial charge in [-0.2, -0.15) is 0 Å². The van der Waals surface area contributed by atoms with Crippen LogP contribution in [0.3, 0.4) is 0 Å². The SMILES string of the molecule is NCC#Cc1ccc(F)cc1OCCN1CCCC1. The second kappa shape index (κ2) is 7.13. The summed E-state index contributed by atoms with van der Waals surface area (Å²) in [5.41, 5.74) is 6.03. The molecule has 1 aromatic rings. The highest BCUT2D eigenvalue weighted by atomic mass is 19.1. The Morgan fingerprint density at radius 2 is 2.11 bits per heavy atom. The van der Waals surface area contributed by atoms with Crippen LogP contribution in [0.4, 0.5) is 4.39 Å². The lowest BCUT2D eigenvalue weighted by molar-refractivity contribution is 0.237. The summed E-state index contributed by atoms with van der Waals surface area (Å²) in [6, 6.07) is 4.39. The third-order valence-corrected chi connectivity index (χ3v) is 3.13. The fourth-order valence-electron chi connectivity index (χ4n) is 2.16. The van der Waals surface area contributed by atoms with Crippen LogP contribution in [0.15, 0.2) is 18.2 Å². The summed E-state index contributed by atoms with van der Waals surface area (Å²) in [5.74, 6) is 5.85. The molecule has 4 heteroatoms. The fourth-order valence-corrected chi connectivity index (χ4v) is 2.16. The minimum absolute atomic E-state index is 0.282. The molecular weight excluding hydrogens is 243 g/mol. The summed E-state index contributed by atoms with van der Waals surface area (Å²) < 4.78 is 18.9. The Balaban J connectivity index is 1.95. The lowest BCUT2D eigenvalue weighted by Gasteiger charge is -2.15. The summed E-state index contributed by atoms with van der Waals surface area (Å²) in [6.07, 6.45) is 2.51. The first-order chi connectivity index (χ1) is 9.29. The van der Waals surface area contributed by atoms with Gasteiger partial charge in [0, 0.05) is 12.6 Å². The van der Waals surface area contributed by atoms with Crippen molar-refractivity contribution in [2.75, 3.05) is 32.8 Å². The number of hydrogen-bond donors (Lipinski definition) is 1.